The van der Waals surface area contributed by atoms with E-state index in [1.165, 1.54) is 5.41 Å². The van der Waals surface area contributed by atoms with Crippen LogP contribution >= 0.6 is 11.6 Å². The third kappa shape index (κ3) is 2.70. The Bertz CT molecular complexity index is 521. The van der Waals surface area contributed by atoms with Crippen LogP contribution in [0.1, 0.15) is 5.69 Å². The van der Waals surface area contributed by atoms with Gasteiger partial charge in [0.25, 0.3) is 0 Å². The number of hydrogen-bond acceptors (Lipinski definition) is 5. The molecule has 1 aromatic rings. The second kappa shape index (κ2) is 4.03. The van der Waals surface area contributed by atoms with Crippen molar-refractivity contribution >= 4 is 27.3 Å². The molecule has 1 aromatic heterocycles. The van der Waals surface area contributed by atoms with E-state index in [9.17, 15) is 8.42 Å². The van der Waals surface area contributed by atoms with Crippen LogP contribution in [0.3, 0.4) is 0 Å². The molecule has 0 fully saturated rings. The molecule has 0 aliphatic carbocycles. The number of aryl methyl sites for hydroxylation is 1. The van der Waals surface area contributed by atoms with Gasteiger partial charge in [0.2, 0.25) is 5.28 Å². The molecule has 5 nitrogen and oxygen atoms in total. The summed E-state index contributed by atoms with van der Waals surface area (Å²) in [4.78, 5) is 7.88. The number of anilines is 1. The normalized spacial score (nSPS) is 22.2. The van der Waals surface area contributed by atoms with Crippen molar-refractivity contribution in [2.75, 3.05) is 11.1 Å². The minimum Gasteiger partial charge on any atom is -0.363 e. The number of nitrogens with zero attached hydrogens (tertiary/aromatic N) is 2. The lowest BCUT2D eigenvalue weighted by Crippen LogP contribution is -2.21. The molecule has 7 heteroatoms. The molecule has 0 radical (unpaired) electrons. The average molecular weight is 260 g/mol. The fourth-order valence-electron chi connectivity index (χ4n) is 1.46. The molecule has 2 rings (SSSR count). The zero-order valence-electron chi connectivity index (χ0n) is 8.51. The predicted molar refractivity (Wildman–Crippen MR) is 62.1 cm³/mol. The summed E-state index contributed by atoms with van der Waals surface area (Å²) >= 11 is 5.69. The molecule has 0 saturated carbocycles. The molecule has 16 heavy (non-hydrogen) atoms. The smallest absolute Gasteiger partial charge is 0.224 e. The highest BCUT2D eigenvalue weighted by molar-refractivity contribution is 7.94. The van der Waals surface area contributed by atoms with Gasteiger partial charge >= 0.3 is 0 Å². The molecule has 0 saturated heterocycles. The minimum atomic E-state index is -3.06. The van der Waals surface area contributed by atoms with Crippen molar-refractivity contribution in [1.29, 1.82) is 0 Å². The predicted octanol–water partition coefficient (Wildman–Crippen LogP) is 1.16. The van der Waals surface area contributed by atoms with E-state index in [1.54, 1.807) is 19.1 Å². The van der Waals surface area contributed by atoms with E-state index in [0.717, 1.165) is 5.69 Å². The summed E-state index contributed by atoms with van der Waals surface area (Å²) in [6.07, 6.45) is 1.60. The largest absolute Gasteiger partial charge is 0.363 e. The molecule has 1 aliphatic rings. The summed E-state index contributed by atoms with van der Waals surface area (Å²) in [5.74, 6) is 0.581. The number of hydrogen-bond donors (Lipinski definition) is 1. The first-order valence-electron chi connectivity index (χ1n) is 4.63. The maximum atomic E-state index is 11.2. The molecule has 1 atom stereocenters. The molecule has 0 spiro atoms. The van der Waals surface area contributed by atoms with Crippen molar-refractivity contribution in [2.45, 2.75) is 13.0 Å². The Balaban J connectivity index is 2.14. The summed E-state index contributed by atoms with van der Waals surface area (Å²) in [6.45, 7) is 1.79. The van der Waals surface area contributed by atoms with Gasteiger partial charge in [0.15, 0.2) is 9.84 Å². The fraction of sp³-hybridized carbons (Fsp3) is 0.333. The fourth-order valence-corrected chi connectivity index (χ4v) is 2.92. The van der Waals surface area contributed by atoms with E-state index in [0.29, 0.717) is 5.82 Å². The second-order valence-corrected chi connectivity index (χ2v) is 5.84. The van der Waals surface area contributed by atoms with Crippen LogP contribution in [0.5, 0.6) is 0 Å². The number of rotatable bonds is 2. The van der Waals surface area contributed by atoms with Gasteiger partial charge in [-0.2, -0.15) is 0 Å². The van der Waals surface area contributed by atoms with Gasteiger partial charge in [-0.15, -0.1) is 0 Å². The van der Waals surface area contributed by atoms with Gasteiger partial charge in [-0.3, -0.25) is 0 Å². The van der Waals surface area contributed by atoms with Crippen LogP contribution in [0, 0.1) is 6.92 Å². The summed E-state index contributed by atoms with van der Waals surface area (Å²) in [6, 6.07) is 1.46. The van der Waals surface area contributed by atoms with Crippen LogP contribution < -0.4 is 5.32 Å². The summed E-state index contributed by atoms with van der Waals surface area (Å²) in [7, 11) is -3.06. The molecule has 0 amide bonds. The van der Waals surface area contributed by atoms with Crippen LogP contribution in [0.15, 0.2) is 17.6 Å². The van der Waals surface area contributed by atoms with E-state index in [-0.39, 0.29) is 17.1 Å². The van der Waals surface area contributed by atoms with E-state index >= 15 is 0 Å². The molecular weight excluding hydrogens is 250 g/mol. The van der Waals surface area contributed by atoms with E-state index in [4.69, 9.17) is 11.6 Å². The van der Waals surface area contributed by atoms with Crippen LogP contribution in [0.4, 0.5) is 5.82 Å². The number of aromatic nitrogens is 2. The Kier molecular flexibility index (Phi) is 2.86. The standard InChI is InChI=1S/C9H10ClN3O2S/c1-6-4-8(13-9(10)11-6)12-7-2-3-16(14,15)5-7/h2-4,7H,5H2,1H3,(H,11,12,13). The first kappa shape index (κ1) is 11.3. The van der Waals surface area contributed by atoms with E-state index in [1.807, 2.05) is 0 Å². The maximum Gasteiger partial charge on any atom is 0.224 e. The Morgan fingerprint density at radius 2 is 2.25 bits per heavy atom. The first-order valence-corrected chi connectivity index (χ1v) is 6.73. The molecular formula is C9H10ClN3O2S. The molecule has 0 bridgehead atoms. The van der Waals surface area contributed by atoms with Crippen molar-refractivity contribution in [2.24, 2.45) is 0 Å². The molecule has 1 unspecified atom stereocenters. The highest BCUT2D eigenvalue weighted by atomic mass is 35.5. The number of sulfone groups is 1. The maximum absolute atomic E-state index is 11.2. The van der Waals surface area contributed by atoms with Gasteiger partial charge in [0, 0.05) is 17.2 Å². The lowest BCUT2D eigenvalue weighted by Gasteiger charge is -2.10. The van der Waals surface area contributed by atoms with Crippen LogP contribution in [0.25, 0.3) is 0 Å². The van der Waals surface area contributed by atoms with Gasteiger partial charge in [-0.1, -0.05) is 0 Å². The quantitative estimate of drug-likeness (QED) is 0.807. The first-order chi connectivity index (χ1) is 7.44. The minimum absolute atomic E-state index is 0.0493. The van der Waals surface area contributed by atoms with Crippen LogP contribution in [-0.4, -0.2) is 30.2 Å². The molecule has 86 valence electrons. The van der Waals surface area contributed by atoms with Crippen LogP contribution in [-0.2, 0) is 9.84 Å². The molecule has 2 heterocycles. The highest BCUT2D eigenvalue weighted by Gasteiger charge is 2.21. The summed E-state index contributed by atoms with van der Waals surface area (Å²) < 4.78 is 22.4. The number of halogens is 1. The lowest BCUT2D eigenvalue weighted by atomic mass is 10.3. The number of nitrogens with one attached hydrogen (secondary N) is 1. The zero-order chi connectivity index (χ0) is 11.8. The summed E-state index contributed by atoms with van der Waals surface area (Å²) in [5, 5.41) is 4.33. The van der Waals surface area contributed by atoms with Crippen molar-refractivity contribution in [3.05, 3.63) is 28.5 Å². The zero-order valence-corrected chi connectivity index (χ0v) is 10.1. The summed E-state index contributed by atoms with van der Waals surface area (Å²) in [5.41, 5.74) is 0.729. The van der Waals surface area contributed by atoms with E-state index in [2.05, 4.69) is 15.3 Å². The van der Waals surface area contributed by atoms with Crippen molar-refractivity contribution in [3.8, 4) is 0 Å². The third-order valence-electron chi connectivity index (χ3n) is 2.09. The third-order valence-corrected chi connectivity index (χ3v) is 3.65. The van der Waals surface area contributed by atoms with Gasteiger partial charge in [-0.25, -0.2) is 18.4 Å². The molecule has 1 aliphatic heterocycles. The van der Waals surface area contributed by atoms with Gasteiger partial charge in [-0.05, 0) is 24.6 Å². The highest BCUT2D eigenvalue weighted by Crippen LogP contribution is 2.15. The van der Waals surface area contributed by atoms with E-state index < -0.39 is 9.84 Å². The van der Waals surface area contributed by atoms with Crippen molar-refractivity contribution in [1.82, 2.24) is 9.97 Å². The Morgan fingerprint density at radius 3 is 2.81 bits per heavy atom. The van der Waals surface area contributed by atoms with Crippen LogP contribution in [0.2, 0.25) is 5.28 Å². The SMILES string of the molecule is Cc1cc(NC2C=CS(=O)(=O)C2)nc(Cl)n1. The Morgan fingerprint density at radius 1 is 1.50 bits per heavy atom. The monoisotopic (exact) mass is 259 g/mol. The molecule has 0 aromatic carbocycles. The molecule has 1 N–H and O–H groups in total. The van der Waals surface area contributed by atoms with Gasteiger partial charge in [0.1, 0.15) is 5.82 Å². The lowest BCUT2D eigenvalue weighted by molar-refractivity contribution is 0.605. The second-order valence-electron chi connectivity index (χ2n) is 3.57. The van der Waals surface area contributed by atoms with Crippen molar-refractivity contribution < 1.29 is 8.42 Å². The topological polar surface area (TPSA) is 72.0 Å². The van der Waals surface area contributed by atoms with Crippen molar-refractivity contribution in [3.63, 3.8) is 0 Å². The Hall–Kier alpha value is -1.14. The van der Waals surface area contributed by atoms with Gasteiger partial charge in [0.05, 0.1) is 11.8 Å². The average Bonchev–Trinajstić information content (AvgIpc) is 2.43. The Labute approximate surface area is 98.5 Å². The van der Waals surface area contributed by atoms with Gasteiger partial charge < -0.3 is 5.32 Å².